The average molecular weight is 285 g/mol. The quantitative estimate of drug-likeness (QED) is 0.516. The summed E-state index contributed by atoms with van der Waals surface area (Å²) >= 11 is 0. The van der Waals surface area contributed by atoms with Crippen molar-refractivity contribution in [3.63, 3.8) is 0 Å². The summed E-state index contributed by atoms with van der Waals surface area (Å²) in [5.74, 6) is 1.39. The molecule has 122 valence electrons. The molecule has 0 saturated heterocycles. The maximum absolute atomic E-state index is 10.0. The smallest absolute Gasteiger partial charge is 0.129 e. The Kier molecular flexibility index (Phi) is 20.5. The minimum atomic E-state index is 0.289. The van der Waals surface area contributed by atoms with E-state index in [2.05, 4.69) is 20.8 Å². The highest BCUT2D eigenvalue weighted by Crippen LogP contribution is 2.27. The first-order valence-electron chi connectivity index (χ1n) is 9.11. The molecule has 0 N–H and O–H groups in total. The molecule has 1 rings (SSSR count). The third kappa shape index (κ3) is 20.0. The van der Waals surface area contributed by atoms with Crippen LogP contribution >= 0.6 is 0 Å². The zero-order chi connectivity index (χ0) is 15.6. The first-order valence-corrected chi connectivity index (χ1v) is 9.11. The predicted molar refractivity (Wildman–Crippen MR) is 92.3 cm³/mol. The van der Waals surface area contributed by atoms with Crippen molar-refractivity contribution in [2.45, 2.75) is 112 Å². The van der Waals surface area contributed by atoms with Gasteiger partial charge in [0.2, 0.25) is 0 Å². The second-order valence-corrected chi connectivity index (χ2v) is 6.10. The third-order valence-electron chi connectivity index (χ3n) is 3.79. The molecule has 1 fully saturated rings. The highest BCUT2D eigenvalue weighted by Gasteiger charge is 2.11. The molecule has 0 aliphatic heterocycles. The standard InChI is InChI=1S/C10H20.C5H10O.C4H10/c1-2-3-7-10-8-5-4-6-9-10;1-3-4-5(2)6;1-3-4-2/h10H,2-9H2,1H3;3-4H2,1-2H3;3-4H2,1-2H3. The molecule has 0 aromatic rings. The Morgan fingerprint density at radius 2 is 1.40 bits per heavy atom. The molecule has 1 nitrogen and oxygen atoms in total. The van der Waals surface area contributed by atoms with Gasteiger partial charge in [0, 0.05) is 6.42 Å². The molecule has 0 bridgehead atoms. The topological polar surface area (TPSA) is 17.1 Å². The van der Waals surface area contributed by atoms with Crippen molar-refractivity contribution in [3.05, 3.63) is 0 Å². The number of ketones is 1. The molecule has 0 spiro atoms. The van der Waals surface area contributed by atoms with Crippen molar-refractivity contribution in [3.8, 4) is 0 Å². The summed E-state index contributed by atoms with van der Waals surface area (Å²) in [5, 5.41) is 0. The first kappa shape index (κ1) is 22.0. The fourth-order valence-electron chi connectivity index (χ4n) is 2.32. The Morgan fingerprint density at radius 1 is 0.850 bits per heavy atom. The van der Waals surface area contributed by atoms with E-state index < -0.39 is 0 Å². The maximum atomic E-state index is 10.0. The summed E-state index contributed by atoms with van der Waals surface area (Å²) in [5.41, 5.74) is 0. The number of hydrogen-bond donors (Lipinski definition) is 0. The molecule has 0 radical (unpaired) electrons. The van der Waals surface area contributed by atoms with Gasteiger partial charge in [0.25, 0.3) is 0 Å². The van der Waals surface area contributed by atoms with E-state index in [9.17, 15) is 4.79 Å². The summed E-state index contributed by atoms with van der Waals surface area (Å²) in [4.78, 5) is 10.0. The van der Waals surface area contributed by atoms with Gasteiger partial charge in [0.05, 0.1) is 0 Å². The molecule has 1 aliphatic rings. The second-order valence-electron chi connectivity index (χ2n) is 6.10. The Morgan fingerprint density at radius 3 is 1.70 bits per heavy atom. The van der Waals surface area contributed by atoms with Crippen molar-refractivity contribution in [1.82, 2.24) is 0 Å². The summed E-state index contributed by atoms with van der Waals surface area (Å²) in [6.07, 6.45) is 16.3. The Bertz CT molecular complexity index is 178. The number of carbonyl (C=O) groups is 1. The molecule has 1 aliphatic carbocycles. The largest absolute Gasteiger partial charge is 0.300 e. The van der Waals surface area contributed by atoms with Crippen LogP contribution < -0.4 is 0 Å². The lowest BCUT2D eigenvalue weighted by Crippen LogP contribution is -2.05. The van der Waals surface area contributed by atoms with Crippen LogP contribution in [-0.2, 0) is 4.79 Å². The van der Waals surface area contributed by atoms with Crippen molar-refractivity contribution < 1.29 is 4.79 Å². The van der Waals surface area contributed by atoms with E-state index in [1.165, 1.54) is 64.2 Å². The Balaban J connectivity index is 0. The van der Waals surface area contributed by atoms with Crippen LogP contribution in [0.4, 0.5) is 0 Å². The lowest BCUT2D eigenvalue weighted by Gasteiger charge is -2.20. The number of Topliss-reactive ketones (excluding diaryl/α,β-unsaturated/α-hetero) is 1. The maximum Gasteiger partial charge on any atom is 0.129 e. The SMILES string of the molecule is CCCC.CCCC(C)=O.CCCCC1CCCCC1. The van der Waals surface area contributed by atoms with Gasteiger partial charge in [-0.15, -0.1) is 0 Å². The average Bonchev–Trinajstić information content (AvgIpc) is 2.47. The van der Waals surface area contributed by atoms with Crippen LogP contribution in [0.25, 0.3) is 0 Å². The van der Waals surface area contributed by atoms with E-state index in [1.807, 2.05) is 6.92 Å². The number of hydrogen-bond acceptors (Lipinski definition) is 1. The molecule has 0 amide bonds. The molecule has 1 heteroatoms. The molecular weight excluding hydrogens is 244 g/mol. The van der Waals surface area contributed by atoms with Crippen molar-refractivity contribution in [2.24, 2.45) is 5.92 Å². The fourth-order valence-corrected chi connectivity index (χ4v) is 2.32. The van der Waals surface area contributed by atoms with Gasteiger partial charge in [-0.2, -0.15) is 0 Å². The summed E-state index contributed by atoms with van der Waals surface area (Å²) in [7, 11) is 0. The van der Waals surface area contributed by atoms with E-state index in [1.54, 1.807) is 6.92 Å². The third-order valence-corrected chi connectivity index (χ3v) is 3.79. The van der Waals surface area contributed by atoms with Crippen LogP contribution in [0, 0.1) is 5.92 Å². The van der Waals surface area contributed by atoms with E-state index in [-0.39, 0.29) is 5.78 Å². The molecule has 1 saturated carbocycles. The highest BCUT2D eigenvalue weighted by atomic mass is 16.1. The predicted octanol–water partition coefficient (Wildman–Crippen LogP) is 6.94. The highest BCUT2D eigenvalue weighted by molar-refractivity contribution is 5.75. The number of rotatable bonds is 6. The molecule has 0 atom stereocenters. The van der Waals surface area contributed by atoms with Gasteiger partial charge < -0.3 is 4.79 Å². The monoisotopic (exact) mass is 284 g/mol. The van der Waals surface area contributed by atoms with Crippen LogP contribution in [-0.4, -0.2) is 5.78 Å². The van der Waals surface area contributed by atoms with Gasteiger partial charge in [0.1, 0.15) is 5.78 Å². The summed E-state index contributed by atoms with van der Waals surface area (Å²) < 4.78 is 0. The first-order chi connectivity index (χ1) is 9.62. The van der Waals surface area contributed by atoms with Crippen LogP contribution in [0.1, 0.15) is 112 Å². The normalized spacial score (nSPS) is 14.7. The zero-order valence-electron chi connectivity index (χ0n) is 15.0. The molecule has 0 heterocycles. The molecule has 0 aromatic carbocycles. The lowest BCUT2D eigenvalue weighted by molar-refractivity contribution is -0.117. The van der Waals surface area contributed by atoms with E-state index in [4.69, 9.17) is 0 Å². The van der Waals surface area contributed by atoms with Crippen molar-refractivity contribution >= 4 is 5.78 Å². The van der Waals surface area contributed by atoms with E-state index >= 15 is 0 Å². The minimum Gasteiger partial charge on any atom is -0.300 e. The number of unbranched alkanes of at least 4 members (excludes halogenated alkanes) is 2. The Labute approximate surface area is 128 Å². The molecule has 0 aromatic heterocycles. The second kappa shape index (κ2) is 18.7. The zero-order valence-corrected chi connectivity index (χ0v) is 15.0. The van der Waals surface area contributed by atoms with Crippen LogP contribution in [0.15, 0.2) is 0 Å². The Hall–Kier alpha value is -0.330. The summed E-state index contributed by atoms with van der Waals surface area (Å²) in [6.45, 7) is 10.3. The van der Waals surface area contributed by atoms with E-state index in [0.717, 1.165) is 18.8 Å². The van der Waals surface area contributed by atoms with E-state index in [0.29, 0.717) is 0 Å². The van der Waals surface area contributed by atoms with Crippen molar-refractivity contribution in [2.75, 3.05) is 0 Å². The molecule has 0 unspecified atom stereocenters. The molecule has 20 heavy (non-hydrogen) atoms. The van der Waals surface area contributed by atoms with Crippen LogP contribution in [0.5, 0.6) is 0 Å². The van der Waals surface area contributed by atoms with Crippen molar-refractivity contribution in [1.29, 1.82) is 0 Å². The van der Waals surface area contributed by atoms with Gasteiger partial charge in [-0.05, 0) is 19.3 Å². The van der Waals surface area contributed by atoms with Gasteiger partial charge in [-0.3, -0.25) is 0 Å². The summed E-state index contributed by atoms with van der Waals surface area (Å²) in [6, 6.07) is 0. The lowest BCUT2D eigenvalue weighted by atomic mass is 9.86. The van der Waals surface area contributed by atoms with Crippen LogP contribution in [0.3, 0.4) is 0 Å². The number of carbonyl (C=O) groups excluding carboxylic acids is 1. The van der Waals surface area contributed by atoms with Crippen LogP contribution in [0.2, 0.25) is 0 Å². The molecular formula is C19H40O. The van der Waals surface area contributed by atoms with Gasteiger partial charge in [-0.25, -0.2) is 0 Å². The minimum absolute atomic E-state index is 0.289. The van der Waals surface area contributed by atoms with Gasteiger partial charge >= 0.3 is 0 Å². The van der Waals surface area contributed by atoms with Gasteiger partial charge in [0.15, 0.2) is 0 Å². The fraction of sp³-hybridized carbons (Fsp3) is 0.947. The van der Waals surface area contributed by atoms with Gasteiger partial charge in [-0.1, -0.05) is 91.9 Å².